The van der Waals surface area contributed by atoms with Gasteiger partial charge in [-0.25, -0.2) is 0 Å². The molecule has 1 heterocycles. The van der Waals surface area contributed by atoms with E-state index in [0.717, 1.165) is 45.0 Å². The van der Waals surface area contributed by atoms with Gasteiger partial charge in [-0.2, -0.15) is 0 Å². The lowest BCUT2D eigenvalue weighted by molar-refractivity contribution is -0.133. The number of hydrogen-bond donors (Lipinski definition) is 2. The Morgan fingerprint density at radius 1 is 0.968 bits per heavy atom. The number of rotatable bonds is 7. The van der Waals surface area contributed by atoms with Gasteiger partial charge in [0.1, 0.15) is 5.75 Å². The topological polar surface area (TPSA) is 71.7 Å². The van der Waals surface area contributed by atoms with Crippen LogP contribution in [0, 0.1) is 0 Å². The molecule has 1 aromatic heterocycles. The van der Waals surface area contributed by atoms with Crippen LogP contribution in [0.2, 0.25) is 0 Å². The molecule has 0 saturated carbocycles. The number of aliphatic carboxylic acids is 1. The van der Waals surface area contributed by atoms with Crippen molar-refractivity contribution in [2.75, 3.05) is 12.9 Å². The van der Waals surface area contributed by atoms with Crippen molar-refractivity contribution in [2.45, 2.75) is 0 Å². The number of thioether (sulfide) groups is 1. The summed E-state index contributed by atoms with van der Waals surface area (Å²) in [6.45, 7) is 0. The van der Waals surface area contributed by atoms with Crippen LogP contribution in [0.15, 0.2) is 84.3 Å². The highest BCUT2D eigenvalue weighted by atomic mass is 32.2. The molecule has 2 N–H and O–H groups in total. The molecule has 0 aliphatic rings. The van der Waals surface area contributed by atoms with Crippen LogP contribution in [0.5, 0.6) is 5.75 Å². The number of nitrogens with zero attached hydrogens (tertiary/aromatic N) is 1. The van der Waals surface area contributed by atoms with Gasteiger partial charge < -0.3 is 14.9 Å². The highest BCUT2D eigenvalue weighted by Crippen LogP contribution is 2.43. The Hall–Kier alpha value is -3.64. The zero-order valence-electron chi connectivity index (χ0n) is 16.9. The number of aliphatic hydroxyl groups is 1. The van der Waals surface area contributed by atoms with E-state index in [9.17, 15) is 9.90 Å². The largest absolute Gasteiger partial charge is 0.497 e. The monoisotopic (exact) mass is 431 g/mol. The second-order valence-electron chi connectivity index (χ2n) is 6.85. The van der Waals surface area contributed by atoms with E-state index in [1.165, 1.54) is 5.41 Å². The maximum absolute atomic E-state index is 11.0. The van der Waals surface area contributed by atoms with Crippen molar-refractivity contribution in [2.24, 2.45) is 0 Å². The maximum Gasteiger partial charge on any atom is 0.313 e. The van der Waals surface area contributed by atoms with Crippen molar-refractivity contribution in [3.05, 3.63) is 84.3 Å². The fraction of sp³-hybridized carbons (Fsp3) is 0.0800. The van der Waals surface area contributed by atoms with Gasteiger partial charge in [-0.15, -0.1) is 11.8 Å². The third-order valence-electron chi connectivity index (χ3n) is 4.91. The van der Waals surface area contributed by atoms with E-state index < -0.39 is 5.97 Å². The van der Waals surface area contributed by atoms with E-state index in [2.05, 4.69) is 0 Å². The van der Waals surface area contributed by atoms with Crippen LogP contribution < -0.4 is 4.74 Å². The number of benzene rings is 3. The maximum atomic E-state index is 11.0. The van der Waals surface area contributed by atoms with Gasteiger partial charge in [0.15, 0.2) is 0 Å². The van der Waals surface area contributed by atoms with Gasteiger partial charge in [0.25, 0.3) is 0 Å². The summed E-state index contributed by atoms with van der Waals surface area (Å²) in [7, 11) is 1.62. The van der Waals surface area contributed by atoms with Crippen LogP contribution in [-0.4, -0.2) is 33.6 Å². The van der Waals surface area contributed by atoms with E-state index in [-0.39, 0.29) is 11.6 Å². The fourth-order valence-corrected chi connectivity index (χ4v) is 4.12. The van der Waals surface area contributed by atoms with Crippen LogP contribution in [0.3, 0.4) is 0 Å². The zero-order valence-corrected chi connectivity index (χ0v) is 17.7. The van der Waals surface area contributed by atoms with Crippen molar-refractivity contribution in [1.82, 2.24) is 4.57 Å². The van der Waals surface area contributed by atoms with Gasteiger partial charge in [0.05, 0.1) is 24.1 Å². The molecule has 0 fully saturated rings. The standard InChI is InChI=1S/C25H21NO4S/c1-30-19-12-13-21-20(14-19)24(17-8-4-2-5-9-17)25(18-10-6-3-7-11-18)26(21)22(27)15-31-16-23(28)29/h2-15,27H,16H2,1H3,(H,28,29)/b22-15-. The van der Waals surface area contributed by atoms with E-state index in [4.69, 9.17) is 9.84 Å². The summed E-state index contributed by atoms with van der Waals surface area (Å²) in [5.41, 5.74) is 4.51. The minimum atomic E-state index is -0.940. The number of carbonyl (C=O) groups is 1. The second-order valence-corrected chi connectivity index (χ2v) is 7.71. The molecule has 4 rings (SSSR count). The summed E-state index contributed by atoms with van der Waals surface area (Å²) in [5, 5.41) is 22.4. The van der Waals surface area contributed by atoms with Gasteiger partial charge in [0, 0.05) is 16.4 Å². The first kappa shape index (κ1) is 20.6. The van der Waals surface area contributed by atoms with Gasteiger partial charge in [-0.1, -0.05) is 60.7 Å². The Balaban J connectivity index is 2.07. The first-order valence-electron chi connectivity index (χ1n) is 9.66. The molecule has 31 heavy (non-hydrogen) atoms. The predicted octanol–water partition coefficient (Wildman–Crippen LogP) is 6.12. The SMILES string of the molecule is COc1ccc2c(c1)c(-c1ccccc1)c(-c1ccccc1)n2/C(O)=C/SCC(=O)O. The Morgan fingerprint density at radius 3 is 2.23 bits per heavy atom. The summed E-state index contributed by atoms with van der Waals surface area (Å²) < 4.78 is 7.23. The van der Waals surface area contributed by atoms with Gasteiger partial charge in [-0.3, -0.25) is 9.36 Å². The lowest BCUT2D eigenvalue weighted by Gasteiger charge is -2.12. The summed E-state index contributed by atoms with van der Waals surface area (Å²) in [6, 6.07) is 25.5. The molecule has 0 saturated heterocycles. The van der Waals surface area contributed by atoms with Crippen molar-refractivity contribution in [3.8, 4) is 28.1 Å². The number of aromatic nitrogens is 1. The Bertz CT molecular complexity index is 1250. The highest BCUT2D eigenvalue weighted by molar-refractivity contribution is 8.02. The number of fused-ring (bicyclic) bond motifs is 1. The first-order chi connectivity index (χ1) is 15.1. The predicted molar refractivity (Wildman–Crippen MR) is 126 cm³/mol. The summed E-state index contributed by atoms with van der Waals surface area (Å²) in [5.74, 6) is -0.402. The van der Waals surface area contributed by atoms with Crippen molar-refractivity contribution >= 4 is 34.5 Å². The average molecular weight is 432 g/mol. The Morgan fingerprint density at radius 2 is 1.61 bits per heavy atom. The Kier molecular flexibility index (Phi) is 6.00. The summed E-state index contributed by atoms with van der Waals surface area (Å²) in [6.07, 6.45) is 0. The van der Waals surface area contributed by atoms with E-state index in [0.29, 0.717) is 5.75 Å². The van der Waals surface area contributed by atoms with Gasteiger partial charge in [-0.05, 0) is 29.3 Å². The third kappa shape index (κ3) is 4.15. The molecule has 5 nitrogen and oxygen atoms in total. The van der Waals surface area contributed by atoms with E-state index in [1.54, 1.807) is 11.7 Å². The molecule has 0 atom stereocenters. The average Bonchev–Trinajstić information content (AvgIpc) is 3.14. The second kappa shape index (κ2) is 9.02. The molecule has 0 aliphatic heterocycles. The number of carboxylic acids is 1. The molecule has 0 radical (unpaired) electrons. The van der Waals surface area contributed by atoms with Gasteiger partial charge in [0.2, 0.25) is 5.88 Å². The van der Waals surface area contributed by atoms with Crippen LogP contribution in [0.4, 0.5) is 0 Å². The first-order valence-corrected chi connectivity index (χ1v) is 10.7. The van der Waals surface area contributed by atoms with Crippen LogP contribution in [0.1, 0.15) is 0 Å². The van der Waals surface area contributed by atoms with Crippen LogP contribution >= 0.6 is 11.8 Å². The van der Waals surface area contributed by atoms with Crippen molar-refractivity contribution in [1.29, 1.82) is 0 Å². The Labute approximate surface area is 184 Å². The van der Waals surface area contributed by atoms with Crippen molar-refractivity contribution in [3.63, 3.8) is 0 Å². The zero-order chi connectivity index (χ0) is 21.8. The molecule has 0 bridgehead atoms. The molecule has 0 amide bonds. The molecule has 0 unspecified atom stereocenters. The lowest BCUT2D eigenvalue weighted by Crippen LogP contribution is -2.00. The molecular formula is C25H21NO4S. The van der Waals surface area contributed by atoms with Gasteiger partial charge >= 0.3 is 5.97 Å². The third-order valence-corrected chi connectivity index (χ3v) is 5.70. The fourth-order valence-electron chi connectivity index (χ4n) is 3.64. The number of methoxy groups -OCH3 is 1. The molecule has 0 spiro atoms. The number of hydrogen-bond acceptors (Lipinski definition) is 4. The lowest BCUT2D eigenvalue weighted by atomic mass is 9.98. The quantitative estimate of drug-likeness (QED) is 0.345. The molecule has 156 valence electrons. The van der Waals surface area contributed by atoms with Crippen LogP contribution in [0.25, 0.3) is 39.2 Å². The molecule has 3 aromatic carbocycles. The normalized spacial score (nSPS) is 11.6. The number of ether oxygens (including phenoxy) is 1. The minimum absolute atomic E-state index is 0.0394. The number of aliphatic hydroxyl groups excluding tert-OH is 1. The number of carboxylic acid groups (broad SMARTS) is 1. The highest BCUT2D eigenvalue weighted by Gasteiger charge is 2.22. The molecule has 4 aromatic rings. The molecular weight excluding hydrogens is 410 g/mol. The van der Waals surface area contributed by atoms with Crippen LogP contribution in [-0.2, 0) is 4.79 Å². The van der Waals surface area contributed by atoms with E-state index >= 15 is 0 Å². The molecule has 0 aliphatic carbocycles. The molecule has 6 heteroatoms. The summed E-state index contributed by atoms with van der Waals surface area (Å²) in [4.78, 5) is 10.9. The smallest absolute Gasteiger partial charge is 0.313 e. The van der Waals surface area contributed by atoms with E-state index in [1.807, 2.05) is 78.9 Å². The summed E-state index contributed by atoms with van der Waals surface area (Å²) >= 11 is 1.03. The van der Waals surface area contributed by atoms with Crippen molar-refractivity contribution < 1.29 is 19.7 Å². The minimum Gasteiger partial charge on any atom is -0.497 e.